The van der Waals surface area contributed by atoms with E-state index in [0.717, 1.165) is 29.7 Å². The molecule has 0 aromatic heterocycles. The summed E-state index contributed by atoms with van der Waals surface area (Å²) in [4.78, 5) is 12.7. The van der Waals surface area contributed by atoms with Gasteiger partial charge in [0.15, 0.2) is 0 Å². The van der Waals surface area contributed by atoms with Gasteiger partial charge in [-0.15, -0.1) is 0 Å². The van der Waals surface area contributed by atoms with E-state index in [1.807, 2.05) is 31.2 Å². The van der Waals surface area contributed by atoms with Crippen molar-refractivity contribution in [2.45, 2.75) is 84.3 Å². The first-order chi connectivity index (χ1) is 12.9. The van der Waals surface area contributed by atoms with E-state index in [-0.39, 0.29) is 34.5 Å². The number of nitrogens with one attached hydrogen (secondary N) is 3. The highest BCUT2D eigenvalue weighted by Gasteiger charge is 2.37. The zero-order chi connectivity index (χ0) is 21.1. The van der Waals surface area contributed by atoms with Crippen LogP contribution >= 0.6 is 0 Å². The maximum atomic E-state index is 12.7. The Kier molecular flexibility index (Phi) is 6.56. The van der Waals surface area contributed by atoms with Crippen molar-refractivity contribution in [3.05, 3.63) is 41.1 Å². The van der Waals surface area contributed by atoms with Gasteiger partial charge >= 0.3 is 0 Å². The fourth-order valence-corrected chi connectivity index (χ4v) is 4.31. The summed E-state index contributed by atoms with van der Waals surface area (Å²) in [6.07, 6.45) is 3.41. The Morgan fingerprint density at radius 2 is 1.86 bits per heavy atom. The van der Waals surface area contributed by atoms with E-state index in [2.05, 4.69) is 57.5 Å². The summed E-state index contributed by atoms with van der Waals surface area (Å²) in [6.45, 7) is 14.9. The van der Waals surface area contributed by atoms with Gasteiger partial charge in [-0.25, -0.2) is 0 Å². The standard InChI is InChI=1S/C23H34N4O/c1-15(2)19-10-8-9-16(3)20(19)26-21(28)17(13-24)14-25-18-11-22(4,5)27-23(6,7)12-18/h8-10,14-15,18,25,27H,11-12H2,1-7H3,(H,26,28)/b17-14-. The van der Waals surface area contributed by atoms with E-state index in [1.54, 1.807) is 6.20 Å². The maximum Gasteiger partial charge on any atom is 0.267 e. The fourth-order valence-electron chi connectivity index (χ4n) is 4.31. The second kappa shape index (κ2) is 8.36. The predicted molar refractivity (Wildman–Crippen MR) is 115 cm³/mol. The van der Waals surface area contributed by atoms with Gasteiger partial charge in [0, 0.05) is 29.0 Å². The van der Waals surface area contributed by atoms with Crippen LogP contribution in [0.2, 0.25) is 0 Å². The molecule has 1 amide bonds. The Hall–Kier alpha value is -2.32. The molecule has 5 heteroatoms. The van der Waals surface area contributed by atoms with Crippen LogP contribution in [0.4, 0.5) is 5.69 Å². The van der Waals surface area contributed by atoms with Crippen LogP contribution in [0.3, 0.4) is 0 Å². The average Bonchev–Trinajstić information content (AvgIpc) is 2.54. The quantitative estimate of drug-likeness (QED) is 0.522. The molecular weight excluding hydrogens is 348 g/mol. The lowest BCUT2D eigenvalue weighted by molar-refractivity contribution is -0.112. The van der Waals surface area contributed by atoms with Crippen molar-refractivity contribution < 1.29 is 4.79 Å². The topological polar surface area (TPSA) is 77.0 Å². The largest absolute Gasteiger partial charge is 0.387 e. The molecule has 0 unspecified atom stereocenters. The van der Waals surface area contributed by atoms with Gasteiger partial charge in [-0.1, -0.05) is 32.0 Å². The summed E-state index contributed by atoms with van der Waals surface area (Å²) in [5, 5.41) is 19.4. The summed E-state index contributed by atoms with van der Waals surface area (Å²) in [7, 11) is 0. The minimum Gasteiger partial charge on any atom is -0.387 e. The lowest BCUT2D eigenvalue weighted by Gasteiger charge is -2.46. The number of carbonyl (C=O) groups is 1. The van der Waals surface area contributed by atoms with Crippen molar-refractivity contribution in [2.75, 3.05) is 5.32 Å². The molecule has 1 heterocycles. The average molecular weight is 383 g/mol. The highest BCUT2D eigenvalue weighted by molar-refractivity contribution is 6.07. The van der Waals surface area contributed by atoms with Crippen LogP contribution in [0, 0.1) is 18.3 Å². The minimum absolute atomic E-state index is 0.00433. The van der Waals surface area contributed by atoms with Crippen molar-refractivity contribution in [1.29, 1.82) is 5.26 Å². The number of piperidine rings is 1. The molecule has 0 saturated carbocycles. The molecule has 1 aromatic carbocycles. The van der Waals surface area contributed by atoms with Crippen molar-refractivity contribution in [1.82, 2.24) is 10.6 Å². The van der Waals surface area contributed by atoms with E-state index in [0.29, 0.717) is 0 Å². The van der Waals surface area contributed by atoms with E-state index in [1.165, 1.54) is 0 Å². The third-order valence-corrected chi connectivity index (χ3v) is 5.18. The first-order valence-corrected chi connectivity index (χ1v) is 10.0. The Morgan fingerprint density at radius 3 is 2.39 bits per heavy atom. The molecule has 28 heavy (non-hydrogen) atoms. The fraction of sp³-hybridized carbons (Fsp3) is 0.565. The highest BCUT2D eigenvalue weighted by Crippen LogP contribution is 2.29. The van der Waals surface area contributed by atoms with Crippen LogP contribution in [0.1, 0.15) is 71.4 Å². The van der Waals surface area contributed by atoms with Crippen molar-refractivity contribution >= 4 is 11.6 Å². The third kappa shape index (κ3) is 5.59. The molecule has 0 radical (unpaired) electrons. The molecular formula is C23H34N4O. The van der Waals surface area contributed by atoms with Gasteiger partial charge in [-0.05, 0) is 64.5 Å². The van der Waals surface area contributed by atoms with Gasteiger partial charge in [0.25, 0.3) is 5.91 Å². The summed E-state index contributed by atoms with van der Waals surface area (Å²) in [5.41, 5.74) is 2.94. The van der Waals surface area contributed by atoms with Crippen molar-refractivity contribution in [2.24, 2.45) is 0 Å². The molecule has 0 aliphatic carbocycles. The number of carbonyl (C=O) groups excluding carboxylic acids is 1. The molecule has 1 saturated heterocycles. The van der Waals surface area contributed by atoms with Gasteiger partial charge in [-0.3, -0.25) is 4.79 Å². The van der Waals surface area contributed by atoms with Crippen LogP contribution in [-0.2, 0) is 4.79 Å². The number of hydrogen-bond acceptors (Lipinski definition) is 4. The van der Waals surface area contributed by atoms with Crippen molar-refractivity contribution in [3.8, 4) is 6.07 Å². The first-order valence-electron chi connectivity index (χ1n) is 10.0. The second-order valence-corrected chi connectivity index (χ2v) is 9.48. The SMILES string of the molecule is Cc1cccc(C(C)C)c1NC(=O)/C(C#N)=C\NC1CC(C)(C)NC(C)(C)C1. The molecule has 3 N–H and O–H groups in total. The molecule has 1 aliphatic rings. The van der Waals surface area contributed by atoms with Gasteiger partial charge in [0.1, 0.15) is 11.6 Å². The van der Waals surface area contributed by atoms with Crippen LogP contribution in [0.5, 0.6) is 0 Å². The van der Waals surface area contributed by atoms with E-state index in [4.69, 9.17) is 0 Å². The normalized spacial score (nSPS) is 19.2. The Bertz CT molecular complexity index is 783. The zero-order valence-electron chi connectivity index (χ0n) is 18.2. The number of nitriles is 1. The maximum absolute atomic E-state index is 12.7. The van der Waals surface area contributed by atoms with Gasteiger partial charge in [0.2, 0.25) is 0 Å². The number of rotatable bonds is 5. The van der Waals surface area contributed by atoms with Gasteiger partial charge < -0.3 is 16.0 Å². The lowest BCUT2D eigenvalue weighted by atomic mass is 9.79. The van der Waals surface area contributed by atoms with Crippen LogP contribution < -0.4 is 16.0 Å². The van der Waals surface area contributed by atoms with Gasteiger partial charge in [-0.2, -0.15) is 5.26 Å². The molecule has 1 fully saturated rings. The van der Waals surface area contributed by atoms with Crippen LogP contribution in [0.15, 0.2) is 30.0 Å². The number of benzene rings is 1. The lowest BCUT2D eigenvalue weighted by Crippen LogP contribution is -2.61. The smallest absolute Gasteiger partial charge is 0.267 e. The zero-order valence-corrected chi connectivity index (χ0v) is 18.2. The summed E-state index contributed by atoms with van der Waals surface area (Å²) >= 11 is 0. The Balaban J connectivity index is 2.16. The third-order valence-electron chi connectivity index (χ3n) is 5.18. The minimum atomic E-state index is -0.376. The summed E-state index contributed by atoms with van der Waals surface area (Å²) in [6, 6.07) is 8.21. The second-order valence-electron chi connectivity index (χ2n) is 9.48. The molecule has 152 valence electrons. The molecule has 0 atom stereocenters. The highest BCUT2D eigenvalue weighted by atomic mass is 16.1. The van der Waals surface area contributed by atoms with Crippen LogP contribution in [0.25, 0.3) is 0 Å². The van der Waals surface area contributed by atoms with Crippen molar-refractivity contribution in [3.63, 3.8) is 0 Å². The van der Waals surface area contributed by atoms with E-state index < -0.39 is 0 Å². The predicted octanol–water partition coefficient (Wildman–Crippen LogP) is 4.36. The van der Waals surface area contributed by atoms with Crippen LogP contribution in [-0.4, -0.2) is 23.0 Å². The van der Waals surface area contributed by atoms with E-state index in [9.17, 15) is 10.1 Å². The molecule has 1 aromatic rings. The molecule has 1 aliphatic heterocycles. The monoisotopic (exact) mass is 382 g/mol. The molecule has 0 bridgehead atoms. The van der Waals surface area contributed by atoms with E-state index >= 15 is 0 Å². The first kappa shape index (κ1) is 22.0. The number of nitrogens with zero attached hydrogens (tertiary/aromatic N) is 1. The number of anilines is 1. The summed E-state index contributed by atoms with van der Waals surface area (Å²) < 4.78 is 0. The Morgan fingerprint density at radius 1 is 1.25 bits per heavy atom. The molecule has 2 rings (SSSR count). The Labute approximate surface area is 169 Å². The molecule has 5 nitrogen and oxygen atoms in total. The number of amides is 1. The number of para-hydroxylation sites is 1. The summed E-state index contributed by atoms with van der Waals surface area (Å²) in [5.74, 6) is -0.0966. The van der Waals surface area contributed by atoms with Gasteiger partial charge in [0.05, 0.1) is 0 Å². The number of hydrogen-bond donors (Lipinski definition) is 3. The molecule has 0 spiro atoms. The number of aryl methyl sites for hydroxylation is 1.